The smallest absolute Gasteiger partial charge is 0.193 e. The van der Waals surface area contributed by atoms with Crippen molar-refractivity contribution in [3.05, 3.63) is 58.2 Å². The molecule has 0 saturated heterocycles. The molecule has 0 aromatic heterocycles. The number of hydrogen-bond donors (Lipinski definition) is 1. The molecule has 0 amide bonds. The van der Waals surface area contributed by atoms with E-state index in [1.165, 1.54) is 0 Å². The van der Waals surface area contributed by atoms with Crippen molar-refractivity contribution in [3.63, 3.8) is 0 Å². The highest BCUT2D eigenvalue weighted by atomic mass is 127. The van der Waals surface area contributed by atoms with Crippen LogP contribution in [-0.2, 0) is 0 Å². The van der Waals surface area contributed by atoms with Gasteiger partial charge in [0.05, 0.1) is 7.14 Å². The van der Waals surface area contributed by atoms with E-state index in [-0.39, 0.29) is 11.5 Å². The van der Waals surface area contributed by atoms with Crippen LogP contribution in [0.15, 0.2) is 36.4 Å². The Labute approximate surface area is 146 Å². The minimum atomic E-state index is -0.0257. The monoisotopic (exact) mass is 576 g/mol. The Morgan fingerprint density at radius 3 is 1.89 bits per heavy atom. The predicted octanol–water partition coefficient (Wildman–Crippen LogP) is 4.44. The van der Waals surface area contributed by atoms with Gasteiger partial charge in [0.15, 0.2) is 5.78 Å². The maximum absolute atomic E-state index is 12.3. The van der Waals surface area contributed by atoms with Crippen molar-refractivity contribution >= 4 is 73.6 Å². The summed E-state index contributed by atoms with van der Waals surface area (Å²) >= 11 is 6.25. The van der Waals surface area contributed by atoms with Crippen LogP contribution in [0, 0.1) is 10.7 Å². The first kappa shape index (κ1) is 14.5. The molecule has 0 heterocycles. The number of phenols is 1. The number of carbonyl (C=O) groups excluding carboxylic acids is 1. The summed E-state index contributed by atoms with van der Waals surface area (Å²) < 4.78 is 2.47. The lowest BCUT2D eigenvalue weighted by atomic mass is 10.0. The van der Waals surface area contributed by atoms with Crippen molar-refractivity contribution in [1.29, 1.82) is 0 Å². The molecule has 0 fully saturated rings. The van der Waals surface area contributed by atoms with Gasteiger partial charge in [-0.1, -0.05) is 0 Å². The molecular weight excluding hydrogens is 569 g/mol. The van der Waals surface area contributed by atoms with Crippen LogP contribution in [0.3, 0.4) is 0 Å². The molecule has 1 N–H and O–H groups in total. The van der Waals surface area contributed by atoms with Gasteiger partial charge < -0.3 is 5.11 Å². The first-order chi connectivity index (χ1) is 8.49. The van der Waals surface area contributed by atoms with E-state index in [1.807, 2.05) is 69.4 Å². The van der Waals surface area contributed by atoms with Crippen molar-refractivity contribution in [2.75, 3.05) is 0 Å². The molecule has 92 valence electrons. The van der Waals surface area contributed by atoms with Crippen molar-refractivity contribution in [3.8, 4) is 5.75 Å². The molecule has 2 aromatic carbocycles. The van der Waals surface area contributed by atoms with E-state index in [0.717, 1.165) is 3.57 Å². The van der Waals surface area contributed by atoms with Gasteiger partial charge in [0.2, 0.25) is 0 Å². The van der Waals surface area contributed by atoms with E-state index in [2.05, 4.69) is 22.6 Å². The fourth-order valence-electron chi connectivity index (χ4n) is 1.46. The normalized spacial score (nSPS) is 10.4. The zero-order valence-electron chi connectivity index (χ0n) is 8.95. The number of benzene rings is 2. The highest BCUT2D eigenvalue weighted by molar-refractivity contribution is 14.1. The summed E-state index contributed by atoms with van der Waals surface area (Å²) in [5.74, 6) is 0.206. The number of phenolic OH excluding ortho intramolecular Hbond substituents is 1. The minimum absolute atomic E-state index is 0.0257. The molecule has 0 bridgehead atoms. The molecule has 18 heavy (non-hydrogen) atoms. The van der Waals surface area contributed by atoms with E-state index in [9.17, 15) is 9.90 Å². The van der Waals surface area contributed by atoms with Crippen molar-refractivity contribution in [1.82, 2.24) is 0 Å². The molecule has 5 heteroatoms. The SMILES string of the molecule is O=C(c1ccc(I)cc1)c1cc(I)c(O)c(I)c1. The number of aromatic hydroxyl groups is 1. The predicted molar refractivity (Wildman–Crippen MR) is 96.1 cm³/mol. The number of halogens is 3. The van der Waals surface area contributed by atoms with Crippen LogP contribution in [0.5, 0.6) is 5.75 Å². The number of ketones is 1. The van der Waals surface area contributed by atoms with Gasteiger partial charge >= 0.3 is 0 Å². The Morgan fingerprint density at radius 1 is 0.889 bits per heavy atom. The van der Waals surface area contributed by atoms with Gasteiger partial charge in [-0.25, -0.2) is 0 Å². The van der Waals surface area contributed by atoms with Gasteiger partial charge in [-0.3, -0.25) is 4.79 Å². The summed E-state index contributed by atoms with van der Waals surface area (Å²) in [6.07, 6.45) is 0. The minimum Gasteiger partial charge on any atom is -0.506 e. The van der Waals surface area contributed by atoms with E-state index < -0.39 is 0 Å². The Kier molecular flexibility index (Phi) is 4.86. The van der Waals surface area contributed by atoms with Gasteiger partial charge in [-0.2, -0.15) is 0 Å². The number of hydrogen-bond acceptors (Lipinski definition) is 2. The zero-order chi connectivity index (χ0) is 13.3. The van der Waals surface area contributed by atoms with Crippen LogP contribution >= 0.6 is 67.8 Å². The molecule has 0 saturated carbocycles. The molecule has 0 aliphatic heterocycles. The summed E-state index contributed by atoms with van der Waals surface area (Å²) in [5.41, 5.74) is 1.26. The number of carbonyl (C=O) groups is 1. The third-order valence-corrected chi connectivity index (χ3v) is 4.75. The average Bonchev–Trinajstić information content (AvgIpc) is 2.35. The molecular formula is C13H7I3O2. The van der Waals surface area contributed by atoms with E-state index in [1.54, 1.807) is 12.1 Å². The van der Waals surface area contributed by atoms with Crippen LogP contribution < -0.4 is 0 Å². The molecule has 0 radical (unpaired) electrons. The fraction of sp³-hybridized carbons (Fsp3) is 0. The lowest BCUT2D eigenvalue weighted by Crippen LogP contribution is -2.02. The van der Waals surface area contributed by atoms with E-state index >= 15 is 0 Å². The second-order valence-corrected chi connectivity index (χ2v) is 7.19. The first-order valence-corrected chi connectivity index (χ1v) is 8.21. The van der Waals surface area contributed by atoms with Crippen LogP contribution in [-0.4, -0.2) is 10.9 Å². The molecule has 2 nitrogen and oxygen atoms in total. The van der Waals surface area contributed by atoms with Crippen molar-refractivity contribution < 1.29 is 9.90 Å². The number of rotatable bonds is 2. The largest absolute Gasteiger partial charge is 0.506 e. The first-order valence-electron chi connectivity index (χ1n) is 4.97. The van der Waals surface area contributed by atoms with Crippen molar-refractivity contribution in [2.24, 2.45) is 0 Å². The lowest BCUT2D eigenvalue weighted by Gasteiger charge is -2.05. The average molecular weight is 576 g/mol. The molecule has 0 aliphatic rings. The summed E-state index contributed by atoms with van der Waals surface area (Å²) in [6, 6.07) is 10.9. The topological polar surface area (TPSA) is 37.3 Å². The Hall–Kier alpha value is 0.1000. The zero-order valence-corrected chi connectivity index (χ0v) is 15.4. The summed E-state index contributed by atoms with van der Waals surface area (Å²) in [5, 5.41) is 9.69. The maximum atomic E-state index is 12.3. The standard InChI is InChI=1S/C13H7I3O2/c14-9-3-1-7(2-4-9)12(17)8-5-10(15)13(18)11(16)6-8/h1-6,18H. The second-order valence-electron chi connectivity index (χ2n) is 3.62. The van der Waals surface area contributed by atoms with Gasteiger partial charge in [0, 0.05) is 14.7 Å². The van der Waals surface area contributed by atoms with Crippen LogP contribution in [0.25, 0.3) is 0 Å². The van der Waals surface area contributed by atoms with Crippen LogP contribution in [0.1, 0.15) is 15.9 Å². The molecule has 0 spiro atoms. The Balaban J connectivity index is 2.43. The molecule has 0 atom stereocenters. The quantitative estimate of drug-likeness (QED) is 0.425. The van der Waals surface area contributed by atoms with Crippen LogP contribution in [0.4, 0.5) is 0 Å². The fourth-order valence-corrected chi connectivity index (χ4v) is 3.59. The van der Waals surface area contributed by atoms with Gasteiger partial charge in [0.25, 0.3) is 0 Å². The van der Waals surface area contributed by atoms with Gasteiger partial charge in [-0.05, 0) is 104 Å². The van der Waals surface area contributed by atoms with E-state index in [0.29, 0.717) is 18.3 Å². The van der Waals surface area contributed by atoms with Gasteiger partial charge in [-0.15, -0.1) is 0 Å². The third-order valence-electron chi connectivity index (χ3n) is 2.39. The van der Waals surface area contributed by atoms with E-state index in [4.69, 9.17) is 0 Å². The Morgan fingerprint density at radius 2 is 1.39 bits per heavy atom. The van der Waals surface area contributed by atoms with Crippen molar-refractivity contribution in [2.45, 2.75) is 0 Å². The summed E-state index contributed by atoms with van der Waals surface area (Å²) in [7, 11) is 0. The lowest BCUT2D eigenvalue weighted by molar-refractivity contribution is 0.103. The molecule has 0 aliphatic carbocycles. The third kappa shape index (κ3) is 3.16. The maximum Gasteiger partial charge on any atom is 0.193 e. The second kappa shape index (κ2) is 6.04. The van der Waals surface area contributed by atoms with Gasteiger partial charge in [0.1, 0.15) is 5.75 Å². The Bertz CT molecular complexity index is 583. The summed E-state index contributed by atoms with van der Waals surface area (Å²) in [4.78, 5) is 12.3. The van der Waals surface area contributed by atoms with Crippen LogP contribution in [0.2, 0.25) is 0 Å². The molecule has 0 unspecified atom stereocenters. The molecule has 2 aromatic rings. The summed E-state index contributed by atoms with van der Waals surface area (Å²) in [6.45, 7) is 0. The molecule has 2 rings (SSSR count). The highest BCUT2D eigenvalue weighted by Crippen LogP contribution is 2.28. The highest BCUT2D eigenvalue weighted by Gasteiger charge is 2.13.